The maximum Gasteiger partial charge on any atom is 0.121 e. The zero-order valence-electron chi connectivity index (χ0n) is 10.8. The Morgan fingerprint density at radius 1 is 1.05 bits per heavy atom. The van der Waals surface area contributed by atoms with Gasteiger partial charge in [-0.25, -0.2) is 0 Å². The molecule has 3 heteroatoms. The summed E-state index contributed by atoms with van der Waals surface area (Å²) < 4.78 is 0. The molecule has 0 atom stereocenters. The van der Waals surface area contributed by atoms with E-state index in [1.54, 1.807) is 6.07 Å². The van der Waals surface area contributed by atoms with Crippen LogP contribution in [0.1, 0.15) is 37.7 Å². The number of benzene rings is 2. The number of phenols is 1. The lowest BCUT2D eigenvalue weighted by molar-refractivity contribution is 0.294. The Balaban J connectivity index is 2.24. The van der Waals surface area contributed by atoms with Gasteiger partial charge in [0, 0.05) is 16.1 Å². The van der Waals surface area contributed by atoms with Crippen molar-refractivity contribution in [2.75, 3.05) is 0 Å². The van der Waals surface area contributed by atoms with Gasteiger partial charge in [-0.1, -0.05) is 43.0 Å². The molecular formula is C16H18ClNO. The van der Waals surface area contributed by atoms with Crippen molar-refractivity contribution in [2.24, 2.45) is 5.73 Å². The third kappa shape index (κ3) is 2.19. The fourth-order valence-corrected chi connectivity index (χ4v) is 3.43. The largest absolute Gasteiger partial charge is 0.508 e. The number of hydrogen-bond donors (Lipinski definition) is 2. The van der Waals surface area contributed by atoms with Crippen molar-refractivity contribution in [1.82, 2.24) is 0 Å². The van der Waals surface area contributed by atoms with Crippen molar-refractivity contribution < 1.29 is 5.11 Å². The van der Waals surface area contributed by atoms with Crippen LogP contribution in [0.2, 0.25) is 5.02 Å². The summed E-state index contributed by atoms with van der Waals surface area (Å²) in [6, 6.07) is 9.38. The first-order chi connectivity index (χ1) is 9.10. The van der Waals surface area contributed by atoms with Crippen LogP contribution in [0.5, 0.6) is 5.75 Å². The lowest BCUT2D eigenvalue weighted by Crippen LogP contribution is -2.38. The monoisotopic (exact) mass is 275 g/mol. The number of phenolic OH excluding ortho intramolecular Hbond substituents is 1. The van der Waals surface area contributed by atoms with Crippen LogP contribution in [0.25, 0.3) is 10.8 Å². The second-order valence-electron chi connectivity index (χ2n) is 5.54. The average molecular weight is 276 g/mol. The molecule has 0 aromatic heterocycles. The van der Waals surface area contributed by atoms with Crippen molar-refractivity contribution in [2.45, 2.75) is 37.6 Å². The van der Waals surface area contributed by atoms with E-state index in [1.165, 1.54) is 6.42 Å². The summed E-state index contributed by atoms with van der Waals surface area (Å²) in [5, 5.41) is 13.0. The number of rotatable bonds is 1. The molecular weight excluding hydrogens is 258 g/mol. The quantitative estimate of drug-likeness (QED) is 0.814. The molecule has 2 aromatic carbocycles. The van der Waals surface area contributed by atoms with Crippen LogP contribution in [0.4, 0.5) is 0 Å². The van der Waals surface area contributed by atoms with Gasteiger partial charge < -0.3 is 10.8 Å². The number of halogens is 1. The van der Waals surface area contributed by atoms with E-state index in [0.717, 1.165) is 42.0 Å². The summed E-state index contributed by atoms with van der Waals surface area (Å²) in [4.78, 5) is 0. The zero-order chi connectivity index (χ0) is 13.5. The molecule has 0 aliphatic heterocycles. The maximum absolute atomic E-state index is 10.3. The molecule has 0 amide bonds. The second kappa shape index (κ2) is 4.69. The molecule has 0 heterocycles. The molecule has 3 rings (SSSR count). The Morgan fingerprint density at radius 2 is 1.79 bits per heavy atom. The van der Waals surface area contributed by atoms with Crippen LogP contribution in [0.3, 0.4) is 0 Å². The summed E-state index contributed by atoms with van der Waals surface area (Å²) in [5.41, 5.74) is 7.08. The van der Waals surface area contributed by atoms with E-state index < -0.39 is 5.54 Å². The molecule has 3 N–H and O–H groups in total. The van der Waals surface area contributed by atoms with Crippen LogP contribution < -0.4 is 5.73 Å². The number of aromatic hydroxyl groups is 1. The van der Waals surface area contributed by atoms with Gasteiger partial charge in [-0.15, -0.1) is 0 Å². The normalized spacial score (nSPS) is 18.6. The van der Waals surface area contributed by atoms with Gasteiger partial charge in [0.2, 0.25) is 0 Å². The molecule has 2 aromatic rings. The first-order valence-corrected chi connectivity index (χ1v) is 7.19. The predicted octanol–water partition coefficient (Wildman–Crippen LogP) is 4.32. The van der Waals surface area contributed by atoms with Gasteiger partial charge in [-0.05, 0) is 41.8 Å². The summed E-state index contributed by atoms with van der Waals surface area (Å²) in [7, 11) is 0. The zero-order valence-corrected chi connectivity index (χ0v) is 11.6. The molecule has 1 fully saturated rings. The van der Waals surface area contributed by atoms with Crippen molar-refractivity contribution in [3.05, 3.63) is 40.9 Å². The molecule has 0 saturated heterocycles. The lowest BCUT2D eigenvalue weighted by Gasteiger charge is -2.35. The summed E-state index contributed by atoms with van der Waals surface area (Å²) in [5.74, 6) is 0.305. The van der Waals surface area contributed by atoms with Crippen LogP contribution in [0.15, 0.2) is 30.3 Å². The van der Waals surface area contributed by atoms with Gasteiger partial charge in [0.15, 0.2) is 0 Å². The molecule has 19 heavy (non-hydrogen) atoms. The summed E-state index contributed by atoms with van der Waals surface area (Å²) in [6.45, 7) is 0. The Morgan fingerprint density at radius 3 is 2.53 bits per heavy atom. The molecule has 0 radical (unpaired) electrons. The van der Waals surface area contributed by atoms with Gasteiger partial charge in [0.1, 0.15) is 5.75 Å². The van der Waals surface area contributed by atoms with E-state index in [2.05, 4.69) is 0 Å². The van der Waals surface area contributed by atoms with Gasteiger partial charge >= 0.3 is 0 Å². The topological polar surface area (TPSA) is 46.2 Å². The molecule has 0 unspecified atom stereocenters. The number of fused-ring (bicyclic) bond motifs is 1. The fraction of sp³-hybridized carbons (Fsp3) is 0.375. The van der Waals surface area contributed by atoms with E-state index in [-0.39, 0.29) is 0 Å². The Hall–Kier alpha value is -1.25. The highest BCUT2D eigenvalue weighted by Crippen LogP contribution is 2.42. The van der Waals surface area contributed by atoms with Gasteiger partial charge in [-0.3, -0.25) is 0 Å². The minimum atomic E-state index is -0.407. The van der Waals surface area contributed by atoms with Crippen molar-refractivity contribution in [3.8, 4) is 5.75 Å². The highest BCUT2D eigenvalue weighted by Gasteiger charge is 2.33. The van der Waals surface area contributed by atoms with Gasteiger partial charge in [0.05, 0.1) is 0 Å². The highest BCUT2D eigenvalue weighted by molar-refractivity contribution is 6.31. The standard InChI is InChI=1S/C16H18ClNO/c17-12-5-6-13-11(10-12)4-7-14(19)15(13)16(18)8-2-1-3-9-16/h4-7,10,19H,1-3,8-9,18H2. The molecule has 100 valence electrons. The third-order valence-corrected chi connectivity index (χ3v) is 4.44. The maximum atomic E-state index is 10.3. The van der Waals surface area contributed by atoms with Crippen LogP contribution in [-0.2, 0) is 5.54 Å². The second-order valence-corrected chi connectivity index (χ2v) is 5.98. The number of hydrogen-bond acceptors (Lipinski definition) is 2. The molecule has 1 aliphatic rings. The van der Waals surface area contributed by atoms with Crippen molar-refractivity contribution >= 4 is 22.4 Å². The molecule has 0 bridgehead atoms. The van der Waals surface area contributed by atoms with Crippen LogP contribution in [0, 0.1) is 0 Å². The van der Waals surface area contributed by atoms with Crippen molar-refractivity contribution in [1.29, 1.82) is 0 Å². The highest BCUT2D eigenvalue weighted by atomic mass is 35.5. The van der Waals surface area contributed by atoms with Crippen LogP contribution >= 0.6 is 11.6 Å². The van der Waals surface area contributed by atoms with E-state index >= 15 is 0 Å². The van der Waals surface area contributed by atoms with Crippen molar-refractivity contribution in [3.63, 3.8) is 0 Å². The van der Waals surface area contributed by atoms with E-state index in [1.807, 2.05) is 24.3 Å². The smallest absolute Gasteiger partial charge is 0.121 e. The SMILES string of the molecule is NC1(c2c(O)ccc3cc(Cl)ccc23)CCCCC1. The first-order valence-electron chi connectivity index (χ1n) is 6.81. The minimum Gasteiger partial charge on any atom is -0.508 e. The molecule has 0 spiro atoms. The predicted molar refractivity (Wildman–Crippen MR) is 79.6 cm³/mol. The van der Waals surface area contributed by atoms with E-state index in [4.69, 9.17) is 17.3 Å². The minimum absolute atomic E-state index is 0.305. The lowest BCUT2D eigenvalue weighted by atomic mass is 9.75. The molecule has 1 saturated carbocycles. The molecule has 1 aliphatic carbocycles. The van der Waals surface area contributed by atoms with Gasteiger partial charge in [-0.2, -0.15) is 0 Å². The van der Waals surface area contributed by atoms with Crippen LogP contribution in [-0.4, -0.2) is 5.11 Å². The summed E-state index contributed by atoms with van der Waals surface area (Å²) >= 11 is 6.04. The van der Waals surface area contributed by atoms with E-state index in [0.29, 0.717) is 10.8 Å². The number of nitrogens with two attached hydrogens (primary N) is 1. The Bertz CT molecular complexity index is 617. The molecule has 2 nitrogen and oxygen atoms in total. The third-order valence-electron chi connectivity index (χ3n) is 4.20. The Labute approximate surface area is 118 Å². The Kier molecular flexibility index (Phi) is 3.15. The first kappa shape index (κ1) is 12.8. The fourth-order valence-electron chi connectivity index (χ4n) is 3.25. The average Bonchev–Trinajstić information content (AvgIpc) is 2.39. The summed E-state index contributed by atoms with van der Waals surface area (Å²) in [6.07, 6.45) is 5.35. The van der Waals surface area contributed by atoms with E-state index in [9.17, 15) is 5.11 Å². The van der Waals surface area contributed by atoms with Gasteiger partial charge in [0.25, 0.3) is 0 Å².